The Balaban J connectivity index is 1.71. The highest BCUT2D eigenvalue weighted by Crippen LogP contribution is 2.37. The lowest BCUT2D eigenvalue weighted by atomic mass is 10.1. The number of hydrogen-bond donors (Lipinski definition) is 3. The fraction of sp³-hybridized carbons (Fsp3) is 0.200. The van der Waals surface area contributed by atoms with Gasteiger partial charge in [-0.1, -0.05) is 42.5 Å². The number of nitrogens with one attached hydrogen (secondary N) is 3. The monoisotopic (exact) mass is 413 g/mol. The first kappa shape index (κ1) is 20.4. The summed E-state index contributed by atoms with van der Waals surface area (Å²) in [6.07, 6.45) is -1.54. The van der Waals surface area contributed by atoms with Crippen molar-refractivity contribution < 1.29 is 23.9 Å². The Morgan fingerprint density at radius 2 is 1.79 bits per heavy atom. The van der Waals surface area contributed by atoms with E-state index in [-0.39, 0.29) is 12.3 Å². The predicted octanol–water partition coefficient (Wildman–Crippen LogP) is 2.23. The van der Waals surface area contributed by atoms with Crippen LogP contribution in [0, 0.1) is 0 Å². The molecule has 1 heterocycles. The number of fused-ring (bicyclic) bond motifs is 1. The van der Waals surface area contributed by atoms with Crippen molar-refractivity contribution in [2.24, 2.45) is 0 Å². The van der Waals surface area contributed by atoms with Gasteiger partial charge in [-0.05, 0) is 12.1 Å². The second-order valence-corrected chi connectivity index (χ2v) is 7.39. The zero-order valence-corrected chi connectivity index (χ0v) is 16.3. The molecule has 9 heteroatoms. The van der Waals surface area contributed by atoms with E-state index in [0.29, 0.717) is 11.3 Å². The maximum absolute atomic E-state index is 12.5. The lowest BCUT2D eigenvalue weighted by Gasteiger charge is -2.24. The summed E-state index contributed by atoms with van der Waals surface area (Å²) in [5, 5.41) is 6.45. The number of carbonyl (C=O) groups is 4. The van der Waals surface area contributed by atoms with Gasteiger partial charge >= 0.3 is 12.0 Å². The highest BCUT2D eigenvalue weighted by molar-refractivity contribution is 8.01. The molecule has 2 atom stereocenters. The average molecular weight is 413 g/mol. The summed E-state index contributed by atoms with van der Waals surface area (Å²) in [6.45, 7) is 0. The molecule has 3 rings (SSSR count). The molecule has 3 N–H and O–H groups in total. The molecule has 1 aliphatic rings. The normalized spacial score (nSPS) is 16.0. The molecular formula is C20H19N3O5S. The fourth-order valence-electron chi connectivity index (χ4n) is 2.70. The van der Waals surface area contributed by atoms with Gasteiger partial charge in [-0.25, -0.2) is 4.79 Å². The van der Waals surface area contributed by atoms with E-state index in [1.165, 1.54) is 18.8 Å². The van der Waals surface area contributed by atoms with E-state index in [1.807, 2.05) is 18.2 Å². The SMILES string of the molecule is CNC(=O)NC(=O)[C@@H](OC(=O)C[C@@H]1Sc2ccccc2NC1=O)c1ccccc1. The van der Waals surface area contributed by atoms with Gasteiger partial charge in [-0.2, -0.15) is 0 Å². The number of ether oxygens (including phenoxy) is 1. The molecule has 0 saturated heterocycles. The molecule has 0 fully saturated rings. The molecule has 0 spiro atoms. The highest BCUT2D eigenvalue weighted by Gasteiger charge is 2.32. The Morgan fingerprint density at radius 3 is 2.52 bits per heavy atom. The number of anilines is 1. The van der Waals surface area contributed by atoms with Gasteiger partial charge in [0.25, 0.3) is 5.91 Å². The fourth-order valence-corrected chi connectivity index (χ4v) is 3.79. The van der Waals surface area contributed by atoms with Gasteiger partial charge in [0.1, 0.15) is 0 Å². The predicted molar refractivity (Wildman–Crippen MR) is 107 cm³/mol. The first-order chi connectivity index (χ1) is 14.0. The molecule has 2 aromatic rings. The molecule has 1 aliphatic heterocycles. The minimum atomic E-state index is -1.31. The number of para-hydroxylation sites is 1. The van der Waals surface area contributed by atoms with Gasteiger partial charge < -0.3 is 15.4 Å². The number of carbonyl (C=O) groups excluding carboxylic acids is 4. The second-order valence-electron chi connectivity index (χ2n) is 6.14. The third-order valence-corrected chi connectivity index (χ3v) is 5.39. The average Bonchev–Trinajstić information content (AvgIpc) is 2.73. The van der Waals surface area contributed by atoms with Gasteiger partial charge in [0.15, 0.2) is 0 Å². The van der Waals surface area contributed by atoms with E-state index in [4.69, 9.17) is 4.74 Å². The van der Waals surface area contributed by atoms with Crippen LogP contribution in [0.15, 0.2) is 59.5 Å². The van der Waals surface area contributed by atoms with Crippen molar-refractivity contribution in [3.05, 3.63) is 60.2 Å². The van der Waals surface area contributed by atoms with E-state index in [2.05, 4.69) is 16.0 Å². The van der Waals surface area contributed by atoms with Crippen molar-refractivity contribution in [3.63, 3.8) is 0 Å². The topological polar surface area (TPSA) is 114 Å². The summed E-state index contributed by atoms with van der Waals surface area (Å²) in [5.74, 6) is -1.82. The van der Waals surface area contributed by atoms with E-state index < -0.39 is 29.3 Å². The van der Waals surface area contributed by atoms with Gasteiger partial charge in [0.05, 0.1) is 17.4 Å². The third-order valence-electron chi connectivity index (χ3n) is 4.11. The summed E-state index contributed by atoms with van der Waals surface area (Å²) in [7, 11) is 1.36. The summed E-state index contributed by atoms with van der Waals surface area (Å²) >= 11 is 1.26. The van der Waals surface area contributed by atoms with Gasteiger partial charge in [0.2, 0.25) is 12.0 Å². The zero-order chi connectivity index (χ0) is 20.8. The summed E-state index contributed by atoms with van der Waals surface area (Å²) < 4.78 is 5.36. The quantitative estimate of drug-likeness (QED) is 0.648. The summed E-state index contributed by atoms with van der Waals surface area (Å²) in [5.41, 5.74) is 1.10. The molecule has 0 bridgehead atoms. The number of rotatable bonds is 5. The van der Waals surface area contributed by atoms with E-state index in [9.17, 15) is 19.2 Å². The number of urea groups is 1. The van der Waals surface area contributed by atoms with Crippen LogP contribution in [0.25, 0.3) is 0 Å². The molecule has 150 valence electrons. The number of hydrogen-bond acceptors (Lipinski definition) is 6. The van der Waals surface area contributed by atoms with Crippen molar-refractivity contribution in [3.8, 4) is 0 Å². The van der Waals surface area contributed by atoms with Crippen molar-refractivity contribution in [2.75, 3.05) is 12.4 Å². The van der Waals surface area contributed by atoms with Crippen molar-refractivity contribution in [1.82, 2.24) is 10.6 Å². The van der Waals surface area contributed by atoms with E-state index in [0.717, 1.165) is 4.90 Å². The van der Waals surface area contributed by atoms with Crippen LogP contribution < -0.4 is 16.0 Å². The van der Waals surface area contributed by atoms with Gasteiger partial charge in [-0.3, -0.25) is 19.7 Å². The largest absolute Gasteiger partial charge is 0.447 e. The first-order valence-corrected chi connectivity index (χ1v) is 9.69. The maximum Gasteiger partial charge on any atom is 0.321 e. The van der Waals surface area contributed by atoms with Crippen LogP contribution in [0.1, 0.15) is 18.1 Å². The van der Waals surface area contributed by atoms with Gasteiger partial charge in [-0.15, -0.1) is 11.8 Å². The first-order valence-electron chi connectivity index (χ1n) is 8.81. The van der Waals surface area contributed by atoms with Crippen LogP contribution in [0.4, 0.5) is 10.5 Å². The lowest BCUT2D eigenvalue weighted by Crippen LogP contribution is -2.41. The molecule has 0 aromatic heterocycles. The van der Waals surface area contributed by atoms with Crippen LogP contribution in [-0.4, -0.2) is 36.1 Å². The number of imide groups is 1. The third kappa shape index (κ3) is 5.14. The minimum absolute atomic E-state index is 0.221. The number of thioether (sulfide) groups is 1. The number of esters is 1. The number of benzene rings is 2. The molecule has 0 saturated carbocycles. The van der Waals surface area contributed by atoms with Crippen LogP contribution in [0.3, 0.4) is 0 Å². The maximum atomic E-state index is 12.5. The Labute approximate surface area is 171 Å². The van der Waals surface area contributed by atoms with Crippen LogP contribution in [-0.2, 0) is 19.1 Å². The smallest absolute Gasteiger partial charge is 0.321 e. The Morgan fingerprint density at radius 1 is 1.10 bits per heavy atom. The standard InChI is InChI=1S/C20H19N3O5S/c1-21-20(27)23-19(26)17(12-7-3-2-4-8-12)28-16(24)11-15-18(25)22-13-9-5-6-10-14(13)29-15/h2-10,15,17H,11H2,1H3,(H,22,25)(H2,21,23,26,27)/t15-,17-/m0/s1. The Hall–Kier alpha value is -3.33. The lowest BCUT2D eigenvalue weighted by molar-refractivity contribution is -0.156. The van der Waals surface area contributed by atoms with Crippen molar-refractivity contribution in [1.29, 1.82) is 0 Å². The van der Waals surface area contributed by atoms with Crippen molar-refractivity contribution >= 4 is 41.3 Å². The van der Waals surface area contributed by atoms with Crippen molar-refractivity contribution in [2.45, 2.75) is 22.7 Å². The summed E-state index contributed by atoms with van der Waals surface area (Å²) in [6, 6.07) is 14.9. The van der Waals surface area contributed by atoms with Crippen LogP contribution >= 0.6 is 11.8 Å². The van der Waals surface area contributed by atoms with Gasteiger partial charge in [0, 0.05) is 17.5 Å². The molecule has 0 aliphatic carbocycles. The van der Waals surface area contributed by atoms with E-state index in [1.54, 1.807) is 36.4 Å². The Kier molecular flexibility index (Phi) is 6.50. The molecule has 2 aromatic carbocycles. The molecule has 4 amide bonds. The molecule has 8 nitrogen and oxygen atoms in total. The van der Waals surface area contributed by atoms with E-state index >= 15 is 0 Å². The molecule has 0 unspecified atom stereocenters. The summed E-state index contributed by atoms with van der Waals surface area (Å²) in [4.78, 5) is 49.6. The molecular weight excluding hydrogens is 394 g/mol. The molecule has 0 radical (unpaired) electrons. The highest BCUT2D eigenvalue weighted by atomic mass is 32.2. The Bertz CT molecular complexity index is 935. The van der Waals surface area contributed by atoms with Crippen LogP contribution in [0.2, 0.25) is 0 Å². The van der Waals surface area contributed by atoms with Crippen LogP contribution in [0.5, 0.6) is 0 Å². The minimum Gasteiger partial charge on any atom is -0.447 e. The second kappa shape index (κ2) is 9.24. The zero-order valence-electron chi connectivity index (χ0n) is 15.5. The number of amides is 4. The molecule has 29 heavy (non-hydrogen) atoms.